The fourth-order valence-electron chi connectivity index (χ4n) is 1.45. The molecule has 0 aliphatic rings. The van der Waals surface area contributed by atoms with E-state index < -0.39 is 0 Å². The fourth-order valence-corrected chi connectivity index (χ4v) is 1.83. The summed E-state index contributed by atoms with van der Waals surface area (Å²) in [4.78, 5) is 0. The third-order valence-corrected chi connectivity index (χ3v) is 2.91. The molecule has 2 heteroatoms. The van der Waals surface area contributed by atoms with E-state index in [1.165, 1.54) is 11.6 Å². The largest absolute Gasteiger partial charge is 0.207 e. The Bertz CT molecular complexity index is 448. The molecule has 0 bridgehead atoms. The average Bonchev–Trinajstić information content (AvgIpc) is 2.29. The Labute approximate surface area is 96.9 Å². The van der Waals surface area contributed by atoms with Crippen molar-refractivity contribution in [3.05, 3.63) is 59.9 Å². The normalized spacial score (nSPS) is 10.3. The summed E-state index contributed by atoms with van der Waals surface area (Å²) in [5, 5.41) is 0.844. The van der Waals surface area contributed by atoms with Gasteiger partial charge >= 0.3 is 0 Å². The lowest BCUT2D eigenvalue weighted by Crippen LogP contribution is -1.81. The molecule has 0 spiro atoms. The van der Waals surface area contributed by atoms with Gasteiger partial charge in [0.1, 0.15) is 5.82 Å². The van der Waals surface area contributed by atoms with Crippen molar-refractivity contribution in [3.63, 3.8) is 0 Å². The van der Waals surface area contributed by atoms with Gasteiger partial charge < -0.3 is 0 Å². The van der Waals surface area contributed by atoms with E-state index in [-0.39, 0.29) is 5.82 Å². The predicted octanol–water partition coefficient (Wildman–Crippen LogP) is 4.39. The van der Waals surface area contributed by atoms with Gasteiger partial charge in [0.25, 0.3) is 0 Å². The lowest BCUT2D eigenvalue weighted by Gasteiger charge is -2.02. The molecule has 0 N–H and O–H groups in total. The standard InChI is InChI=1S/C13H10BrF/c14-9-10-4-6-11(7-5-10)12-2-1-3-13(15)8-12/h1-8H,9H2. The first-order valence-electron chi connectivity index (χ1n) is 4.70. The van der Waals surface area contributed by atoms with E-state index in [1.54, 1.807) is 12.1 Å². The van der Waals surface area contributed by atoms with Crippen LogP contribution in [-0.4, -0.2) is 0 Å². The monoisotopic (exact) mass is 264 g/mol. The van der Waals surface area contributed by atoms with Crippen molar-refractivity contribution in [2.45, 2.75) is 5.33 Å². The summed E-state index contributed by atoms with van der Waals surface area (Å²) in [5.74, 6) is -0.197. The number of hydrogen-bond acceptors (Lipinski definition) is 0. The van der Waals surface area contributed by atoms with Crippen LogP contribution in [0.2, 0.25) is 0 Å². The smallest absolute Gasteiger partial charge is 0.123 e. The van der Waals surface area contributed by atoms with Crippen molar-refractivity contribution in [3.8, 4) is 11.1 Å². The van der Waals surface area contributed by atoms with E-state index in [0.717, 1.165) is 16.5 Å². The summed E-state index contributed by atoms with van der Waals surface area (Å²) < 4.78 is 13.0. The summed E-state index contributed by atoms with van der Waals surface area (Å²) in [7, 11) is 0. The molecular formula is C13H10BrF. The lowest BCUT2D eigenvalue weighted by atomic mass is 10.0. The molecule has 2 rings (SSSR count). The van der Waals surface area contributed by atoms with Crippen LogP contribution in [0.5, 0.6) is 0 Å². The molecule has 0 aromatic heterocycles. The summed E-state index contributed by atoms with van der Waals surface area (Å²) in [6, 6.07) is 14.7. The highest BCUT2D eigenvalue weighted by Crippen LogP contribution is 2.21. The summed E-state index contributed by atoms with van der Waals surface area (Å²) >= 11 is 3.39. The maximum atomic E-state index is 13.0. The van der Waals surface area contributed by atoms with Crippen LogP contribution >= 0.6 is 15.9 Å². The SMILES string of the molecule is Fc1cccc(-c2ccc(CBr)cc2)c1. The Morgan fingerprint density at radius 1 is 0.933 bits per heavy atom. The average molecular weight is 265 g/mol. The van der Waals surface area contributed by atoms with Crippen LogP contribution in [0, 0.1) is 5.82 Å². The van der Waals surface area contributed by atoms with Crippen LogP contribution in [0.25, 0.3) is 11.1 Å². The van der Waals surface area contributed by atoms with E-state index in [9.17, 15) is 4.39 Å². The van der Waals surface area contributed by atoms with Crippen molar-refractivity contribution >= 4 is 15.9 Å². The highest BCUT2D eigenvalue weighted by Gasteiger charge is 1.98. The number of benzene rings is 2. The Balaban J connectivity index is 2.37. The second kappa shape index (κ2) is 4.58. The van der Waals surface area contributed by atoms with Gasteiger partial charge in [-0.25, -0.2) is 4.39 Å². The predicted molar refractivity (Wildman–Crippen MR) is 64.5 cm³/mol. The second-order valence-corrected chi connectivity index (χ2v) is 3.90. The summed E-state index contributed by atoms with van der Waals surface area (Å²) in [6.07, 6.45) is 0. The molecule has 0 aliphatic heterocycles. The molecule has 0 unspecified atom stereocenters. The Morgan fingerprint density at radius 3 is 2.27 bits per heavy atom. The molecular weight excluding hydrogens is 255 g/mol. The van der Waals surface area contributed by atoms with E-state index in [1.807, 2.05) is 30.3 Å². The van der Waals surface area contributed by atoms with Gasteiger partial charge in [-0.05, 0) is 28.8 Å². The van der Waals surface area contributed by atoms with Crippen molar-refractivity contribution in [2.75, 3.05) is 0 Å². The Morgan fingerprint density at radius 2 is 1.67 bits per heavy atom. The minimum Gasteiger partial charge on any atom is -0.207 e. The first-order chi connectivity index (χ1) is 7.29. The van der Waals surface area contributed by atoms with Crippen molar-refractivity contribution in [1.82, 2.24) is 0 Å². The van der Waals surface area contributed by atoms with Gasteiger partial charge in [-0.3, -0.25) is 0 Å². The molecule has 2 aromatic carbocycles. The fraction of sp³-hybridized carbons (Fsp3) is 0.0769. The Kier molecular flexibility index (Phi) is 3.17. The molecule has 2 aromatic rings. The van der Waals surface area contributed by atoms with Crippen molar-refractivity contribution in [2.24, 2.45) is 0 Å². The molecule has 0 radical (unpaired) electrons. The van der Waals surface area contributed by atoms with Crippen LogP contribution in [0.15, 0.2) is 48.5 Å². The number of hydrogen-bond donors (Lipinski definition) is 0. The van der Waals surface area contributed by atoms with E-state index in [4.69, 9.17) is 0 Å². The molecule has 0 atom stereocenters. The van der Waals surface area contributed by atoms with Gasteiger partial charge in [-0.1, -0.05) is 52.3 Å². The van der Waals surface area contributed by atoms with Gasteiger partial charge in [-0.2, -0.15) is 0 Å². The molecule has 15 heavy (non-hydrogen) atoms. The highest BCUT2D eigenvalue weighted by molar-refractivity contribution is 9.08. The molecule has 76 valence electrons. The van der Waals surface area contributed by atoms with E-state index >= 15 is 0 Å². The van der Waals surface area contributed by atoms with Gasteiger partial charge in [0.15, 0.2) is 0 Å². The van der Waals surface area contributed by atoms with Gasteiger partial charge in [0, 0.05) is 5.33 Å². The van der Waals surface area contributed by atoms with Gasteiger partial charge in [0.2, 0.25) is 0 Å². The zero-order chi connectivity index (χ0) is 10.7. The quantitative estimate of drug-likeness (QED) is 0.706. The third kappa shape index (κ3) is 2.45. The maximum absolute atomic E-state index is 13.0. The minimum atomic E-state index is -0.197. The highest BCUT2D eigenvalue weighted by atomic mass is 79.9. The first-order valence-corrected chi connectivity index (χ1v) is 5.82. The zero-order valence-electron chi connectivity index (χ0n) is 8.08. The van der Waals surface area contributed by atoms with E-state index in [2.05, 4.69) is 15.9 Å². The third-order valence-electron chi connectivity index (χ3n) is 2.27. The van der Waals surface area contributed by atoms with E-state index in [0.29, 0.717) is 0 Å². The van der Waals surface area contributed by atoms with Gasteiger partial charge in [-0.15, -0.1) is 0 Å². The summed E-state index contributed by atoms with van der Waals surface area (Å²) in [6.45, 7) is 0. The maximum Gasteiger partial charge on any atom is 0.123 e. The van der Waals surface area contributed by atoms with Crippen LogP contribution in [0.3, 0.4) is 0 Å². The second-order valence-electron chi connectivity index (χ2n) is 3.34. The van der Waals surface area contributed by atoms with Gasteiger partial charge in [0.05, 0.1) is 0 Å². The topological polar surface area (TPSA) is 0 Å². The molecule has 0 heterocycles. The van der Waals surface area contributed by atoms with Crippen molar-refractivity contribution in [1.29, 1.82) is 0 Å². The molecule has 0 saturated carbocycles. The van der Waals surface area contributed by atoms with Crippen LogP contribution in [0.4, 0.5) is 4.39 Å². The molecule has 0 saturated heterocycles. The molecule has 0 fully saturated rings. The number of rotatable bonds is 2. The zero-order valence-corrected chi connectivity index (χ0v) is 9.67. The molecule has 0 nitrogen and oxygen atoms in total. The number of halogens is 2. The lowest BCUT2D eigenvalue weighted by molar-refractivity contribution is 0.628. The van der Waals surface area contributed by atoms with Crippen LogP contribution < -0.4 is 0 Å². The molecule has 0 amide bonds. The Hall–Kier alpha value is -1.15. The minimum absolute atomic E-state index is 0.197. The number of alkyl halides is 1. The first kappa shape index (κ1) is 10.4. The van der Waals surface area contributed by atoms with Crippen LogP contribution in [0.1, 0.15) is 5.56 Å². The van der Waals surface area contributed by atoms with Crippen LogP contribution in [-0.2, 0) is 5.33 Å². The van der Waals surface area contributed by atoms with Crippen molar-refractivity contribution < 1.29 is 4.39 Å². The molecule has 0 aliphatic carbocycles. The summed E-state index contributed by atoms with van der Waals surface area (Å²) in [5.41, 5.74) is 3.17.